The molecule has 1 amide bonds. The molecule has 4 aliphatic carbocycles. The number of halogens is 1. The van der Waals surface area contributed by atoms with Crippen LogP contribution in [0.5, 0.6) is 5.75 Å². The number of ether oxygens (including phenoxy) is 1. The van der Waals surface area contributed by atoms with Crippen LogP contribution in [0.4, 0.5) is 0 Å². The Morgan fingerprint density at radius 3 is 2.43 bits per heavy atom. The molecule has 1 N–H and O–H groups in total. The highest BCUT2D eigenvalue weighted by Gasteiger charge is 2.52. The first kappa shape index (κ1) is 14.2. The van der Waals surface area contributed by atoms with Crippen molar-refractivity contribution >= 4 is 17.5 Å². The molecule has 4 heteroatoms. The van der Waals surface area contributed by atoms with Crippen molar-refractivity contribution in [2.45, 2.75) is 56.6 Å². The summed E-state index contributed by atoms with van der Waals surface area (Å²) in [6.45, 7) is 0. The van der Waals surface area contributed by atoms with Crippen molar-refractivity contribution in [3.63, 3.8) is 0 Å². The molecule has 1 heterocycles. The van der Waals surface area contributed by atoms with Gasteiger partial charge in [-0.2, -0.15) is 0 Å². The topological polar surface area (TPSA) is 38.3 Å². The average molecular weight is 332 g/mol. The summed E-state index contributed by atoms with van der Waals surface area (Å²) in [6, 6.07) is 5.60. The molecular weight excluding hydrogens is 310 g/mol. The van der Waals surface area contributed by atoms with Gasteiger partial charge in [-0.25, -0.2) is 0 Å². The fourth-order valence-corrected chi connectivity index (χ4v) is 6.16. The number of rotatable bonds is 2. The summed E-state index contributed by atoms with van der Waals surface area (Å²) in [6.07, 6.45) is 7.93. The molecule has 23 heavy (non-hydrogen) atoms. The van der Waals surface area contributed by atoms with Crippen molar-refractivity contribution < 1.29 is 9.53 Å². The maximum absolute atomic E-state index is 12.8. The lowest BCUT2D eigenvalue weighted by Crippen LogP contribution is -2.61. The highest BCUT2D eigenvalue weighted by molar-refractivity contribution is 6.30. The maximum atomic E-state index is 12.8. The number of carbonyl (C=O) groups is 1. The lowest BCUT2D eigenvalue weighted by atomic mass is 9.53. The molecule has 0 spiro atoms. The van der Waals surface area contributed by atoms with Crippen LogP contribution in [0.1, 0.15) is 44.1 Å². The minimum Gasteiger partial charge on any atom is -0.480 e. The number of hydrogen-bond acceptors (Lipinski definition) is 2. The van der Waals surface area contributed by atoms with E-state index in [1.165, 1.54) is 38.5 Å². The zero-order valence-electron chi connectivity index (χ0n) is 13.2. The predicted molar refractivity (Wildman–Crippen MR) is 88.6 cm³/mol. The molecule has 1 aromatic carbocycles. The van der Waals surface area contributed by atoms with Crippen LogP contribution in [0.2, 0.25) is 5.02 Å². The van der Waals surface area contributed by atoms with Gasteiger partial charge in [0.15, 0.2) is 6.10 Å². The van der Waals surface area contributed by atoms with E-state index in [2.05, 4.69) is 5.32 Å². The smallest absolute Gasteiger partial charge is 0.261 e. The molecule has 0 radical (unpaired) electrons. The van der Waals surface area contributed by atoms with Crippen molar-refractivity contribution in [2.24, 2.45) is 17.8 Å². The first-order chi connectivity index (χ1) is 11.1. The quantitative estimate of drug-likeness (QED) is 0.896. The third kappa shape index (κ3) is 2.36. The summed E-state index contributed by atoms with van der Waals surface area (Å²) in [5.41, 5.74) is 1.10. The van der Waals surface area contributed by atoms with E-state index in [9.17, 15) is 4.79 Å². The van der Waals surface area contributed by atoms with E-state index in [-0.39, 0.29) is 11.4 Å². The van der Waals surface area contributed by atoms with Crippen LogP contribution < -0.4 is 10.1 Å². The lowest BCUT2D eigenvalue weighted by Gasteiger charge is -2.57. The zero-order valence-corrected chi connectivity index (χ0v) is 13.9. The summed E-state index contributed by atoms with van der Waals surface area (Å²) in [5.74, 6) is 3.38. The standard InChI is InChI=1S/C19H22ClNO2/c20-15-1-2-16-14(6-15)7-17(23-16)18(22)21-19-8-11-3-12(9-19)5-13(4-11)10-19/h1-2,6,11-13,17H,3-5,7-10H2,(H,21,22)/t11?,12?,13?,17-,19?/m1/s1. The van der Waals surface area contributed by atoms with E-state index in [0.29, 0.717) is 11.4 Å². The van der Waals surface area contributed by atoms with Crippen molar-refractivity contribution in [2.75, 3.05) is 0 Å². The Kier molecular flexibility index (Phi) is 3.01. The molecule has 6 rings (SSSR count). The molecule has 1 aromatic rings. The van der Waals surface area contributed by atoms with Crippen LogP contribution >= 0.6 is 11.6 Å². The van der Waals surface area contributed by atoms with Crippen LogP contribution in [0, 0.1) is 17.8 Å². The van der Waals surface area contributed by atoms with Gasteiger partial charge in [0.1, 0.15) is 5.75 Å². The average Bonchev–Trinajstić information content (AvgIpc) is 2.88. The molecule has 0 saturated heterocycles. The Morgan fingerprint density at radius 2 is 1.78 bits per heavy atom. The first-order valence-electron chi connectivity index (χ1n) is 8.86. The molecule has 1 aliphatic heterocycles. The van der Waals surface area contributed by atoms with Crippen molar-refractivity contribution in [3.05, 3.63) is 28.8 Å². The second-order valence-electron chi connectivity index (χ2n) is 8.25. The third-order valence-electron chi connectivity index (χ3n) is 6.42. The molecular formula is C19H22ClNO2. The third-order valence-corrected chi connectivity index (χ3v) is 6.65. The van der Waals surface area contributed by atoms with E-state index in [0.717, 1.165) is 29.1 Å². The van der Waals surface area contributed by atoms with Crippen molar-refractivity contribution in [1.82, 2.24) is 5.32 Å². The molecule has 3 nitrogen and oxygen atoms in total. The Labute approximate surface area is 141 Å². The summed E-state index contributed by atoms with van der Waals surface area (Å²) < 4.78 is 5.87. The van der Waals surface area contributed by atoms with Crippen LogP contribution in [-0.2, 0) is 11.2 Å². The summed E-state index contributed by atoms with van der Waals surface area (Å²) in [4.78, 5) is 12.8. The number of fused-ring (bicyclic) bond motifs is 1. The van der Waals surface area contributed by atoms with Crippen LogP contribution in [0.15, 0.2) is 18.2 Å². The number of carbonyl (C=O) groups excluding carboxylic acids is 1. The summed E-state index contributed by atoms with van der Waals surface area (Å²) >= 11 is 6.04. The SMILES string of the molecule is O=C(NC12CC3CC(CC(C3)C1)C2)[C@H]1Cc2cc(Cl)ccc2O1. The predicted octanol–water partition coefficient (Wildman–Crippen LogP) is 3.73. The van der Waals surface area contributed by atoms with E-state index in [1.807, 2.05) is 18.2 Å². The van der Waals surface area contributed by atoms with E-state index < -0.39 is 6.10 Å². The first-order valence-corrected chi connectivity index (χ1v) is 9.23. The Hall–Kier alpha value is -1.22. The highest BCUT2D eigenvalue weighted by atomic mass is 35.5. The molecule has 5 aliphatic rings. The van der Waals surface area contributed by atoms with Gasteiger partial charge in [0.25, 0.3) is 5.91 Å². The van der Waals surface area contributed by atoms with Crippen LogP contribution in [-0.4, -0.2) is 17.6 Å². The monoisotopic (exact) mass is 331 g/mol. The number of hydrogen-bond donors (Lipinski definition) is 1. The van der Waals surface area contributed by atoms with Crippen LogP contribution in [0.25, 0.3) is 0 Å². The van der Waals surface area contributed by atoms with Gasteiger partial charge in [0.05, 0.1) is 0 Å². The minimum atomic E-state index is -0.392. The Morgan fingerprint density at radius 1 is 1.13 bits per heavy atom. The van der Waals surface area contributed by atoms with Crippen LogP contribution in [0.3, 0.4) is 0 Å². The second kappa shape index (κ2) is 4.89. The minimum absolute atomic E-state index is 0.0572. The number of amides is 1. The largest absolute Gasteiger partial charge is 0.480 e. The number of benzene rings is 1. The summed E-state index contributed by atoms with van der Waals surface area (Å²) in [5, 5.41) is 4.12. The Balaban J connectivity index is 1.31. The van der Waals surface area contributed by atoms with E-state index in [1.54, 1.807) is 0 Å². The molecule has 4 fully saturated rings. The van der Waals surface area contributed by atoms with Crippen molar-refractivity contribution in [1.29, 1.82) is 0 Å². The van der Waals surface area contributed by atoms with Gasteiger partial charge in [-0.1, -0.05) is 11.6 Å². The zero-order chi connectivity index (χ0) is 15.6. The molecule has 0 unspecified atom stereocenters. The Bertz CT molecular complexity index is 636. The maximum Gasteiger partial charge on any atom is 0.261 e. The second-order valence-corrected chi connectivity index (χ2v) is 8.69. The van der Waals surface area contributed by atoms with Gasteiger partial charge in [-0.05, 0) is 80.0 Å². The van der Waals surface area contributed by atoms with Crippen molar-refractivity contribution in [3.8, 4) is 5.75 Å². The number of nitrogens with one attached hydrogen (secondary N) is 1. The summed E-state index contributed by atoms with van der Waals surface area (Å²) in [7, 11) is 0. The fourth-order valence-electron chi connectivity index (χ4n) is 5.97. The van der Waals surface area contributed by atoms with Gasteiger partial charge in [-0.3, -0.25) is 4.79 Å². The molecule has 4 saturated carbocycles. The van der Waals surface area contributed by atoms with E-state index in [4.69, 9.17) is 16.3 Å². The molecule has 0 aromatic heterocycles. The lowest BCUT2D eigenvalue weighted by molar-refractivity contribution is -0.133. The van der Waals surface area contributed by atoms with E-state index >= 15 is 0 Å². The normalized spacial score (nSPS) is 39.9. The highest BCUT2D eigenvalue weighted by Crippen LogP contribution is 2.55. The fraction of sp³-hybridized carbons (Fsp3) is 0.632. The molecule has 122 valence electrons. The molecule has 1 atom stereocenters. The molecule has 4 bridgehead atoms. The van der Waals surface area contributed by atoms with Gasteiger partial charge < -0.3 is 10.1 Å². The van der Waals surface area contributed by atoms with Gasteiger partial charge in [0, 0.05) is 17.0 Å². The van der Waals surface area contributed by atoms with Gasteiger partial charge in [-0.15, -0.1) is 0 Å². The van der Waals surface area contributed by atoms with Gasteiger partial charge >= 0.3 is 0 Å². The van der Waals surface area contributed by atoms with Gasteiger partial charge in [0.2, 0.25) is 0 Å².